The first-order valence-corrected chi connectivity index (χ1v) is 7.21. The van der Waals surface area contributed by atoms with E-state index in [4.69, 9.17) is 9.84 Å². The fourth-order valence-electron chi connectivity index (χ4n) is 3.69. The molecule has 17 heavy (non-hydrogen) atoms. The van der Waals surface area contributed by atoms with Crippen LogP contribution in [-0.4, -0.2) is 36.5 Å². The summed E-state index contributed by atoms with van der Waals surface area (Å²) < 4.78 is 5.91. The van der Waals surface area contributed by atoms with Gasteiger partial charge in [-0.1, -0.05) is 19.3 Å². The lowest BCUT2D eigenvalue weighted by Gasteiger charge is -2.58. The second-order valence-corrected chi connectivity index (χ2v) is 5.78. The second-order valence-electron chi connectivity index (χ2n) is 5.78. The molecular formula is C14H27NO2. The van der Waals surface area contributed by atoms with Crippen LogP contribution in [0.15, 0.2) is 0 Å². The summed E-state index contributed by atoms with van der Waals surface area (Å²) in [5.41, 5.74) is 0.373. The van der Waals surface area contributed by atoms with Gasteiger partial charge in [-0.3, -0.25) is 0 Å². The van der Waals surface area contributed by atoms with Crippen molar-refractivity contribution in [1.29, 1.82) is 0 Å². The zero-order valence-corrected chi connectivity index (χ0v) is 11.2. The summed E-state index contributed by atoms with van der Waals surface area (Å²) >= 11 is 0. The molecule has 0 aliphatic heterocycles. The van der Waals surface area contributed by atoms with Crippen molar-refractivity contribution in [3.8, 4) is 0 Å². The number of ether oxygens (including phenoxy) is 1. The Morgan fingerprint density at radius 3 is 2.65 bits per heavy atom. The lowest BCUT2D eigenvalue weighted by Crippen LogP contribution is -2.66. The Kier molecular flexibility index (Phi) is 4.45. The first kappa shape index (κ1) is 13.3. The number of aliphatic hydroxyl groups excluding tert-OH is 1. The summed E-state index contributed by atoms with van der Waals surface area (Å²) in [7, 11) is 0. The Bertz CT molecular complexity index is 238. The van der Waals surface area contributed by atoms with Gasteiger partial charge in [0.25, 0.3) is 0 Å². The Morgan fingerprint density at radius 1 is 1.35 bits per heavy atom. The minimum Gasteiger partial charge on any atom is -0.395 e. The van der Waals surface area contributed by atoms with Crippen LogP contribution in [0.3, 0.4) is 0 Å². The summed E-state index contributed by atoms with van der Waals surface area (Å²) in [4.78, 5) is 0. The van der Waals surface area contributed by atoms with Crippen molar-refractivity contribution in [2.24, 2.45) is 5.41 Å². The molecule has 2 rings (SSSR count). The van der Waals surface area contributed by atoms with E-state index in [1.807, 2.05) is 0 Å². The van der Waals surface area contributed by atoms with E-state index in [0.717, 1.165) is 13.0 Å². The van der Waals surface area contributed by atoms with E-state index in [1.54, 1.807) is 0 Å². The normalized spacial score (nSPS) is 33.4. The van der Waals surface area contributed by atoms with Crippen LogP contribution in [0.25, 0.3) is 0 Å². The van der Waals surface area contributed by atoms with Crippen molar-refractivity contribution in [3.05, 3.63) is 0 Å². The van der Waals surface area contributed by atoms with Crippen LogP contribution in [0.2, 0.25) is 0 Å². The van der Waals surface area contributed by atoms with Crippen molar-refractivity contribution in [2.75, 3.05) is 13.2 Å². The molecule has 0 bridgehead atoms. The maximum Gasteiger partial charge on any atom is 0.0661 e. The topological polar surface area (TPSA) is 41.5 Å². The molecule has 2 unspecified atom stereocenters. The van der Waals surface area contributed by atoms with Gasteiger partial charge in [0.1, 0.15) is 0 Å². The van der Waals surface area contributed by atoms with Gasteiger partial charge in [-0.15, -0.1) is 0 Å². The number of nitrogens with one attached hydrogen (secondary N) is 1. The highest BCUT2D eigenvalue weighted by Gasteiger charge is 2.55. The molecule has 2 fully saturated rings. The van der Waals surface area contributed by atoms with Crippen molar-refractivity contribution in [1.82, 2.24) is 5.32 Å². The van der Waals surface area contributed by atoms with E-state index >= 15 is 0 Å². The maximum atomic E-state index is 9.17. The van der Waals surface area contributed by atoms with Crippen molar-refractivity contribution < 1.29 is 9.84 Å². The van der Waals surface area contributed by atoms with Gasteiger partial charge in [-0.05, 0) is 33.1 Å². The van der Waals surface area contributed by atoms with Crippen molar-refractivity contribution in [2.45, 2.75) is 70.6 Å². The minimum atomic E-state index is 0.210. The fourth-order valence-corrected chi connectivity index (χ4v) is 3.69. The highest BCUT2D eigenvalue weighted by atomic mass is 16.5. The number of aliphatic hydroxyl groups is 1. The molecule has 2 saturated carbocycles. The van der Waals surface area contributed by atoms with Gasteiger partial charge in [0, 0.05) is 24.1 Å². The molecule has 0 saturated heterocycles. The average molecular weight is 241 g/mol. The van der Waals surface area contributed by atoms with E-state index in [9.17, 15) is 0 Å². The second kappa shape index (κ2) is 5.68. The molecule has 1 spiro atoms. The summed E-state index contributed by atoms with van der Waals surface area (Å²) in [5, 5.41) is 12.8. The van der Waals surface area contributed by atoms with Gasteiger partial charge in [-0.2, -0.15) is 0 Å². The molecule has 0 aromatic rings. The Hall–Kier alpha value is -0.120. The van der Waals surface area contributed by atoms with Crippen molar-refractivity contribution in [3.63, 3.8) is 0 Å². The minimum absolute atomic E-state index is 0.210. The smallest absolute Gasteiger partial charge is 0.0661 e. The third-order valence-corrected chi connectivity index (χ3v) is 4.70. The van der Waals surface area contributed by atoms with Crippen LogP contribution < -0.4 is 5.32 Å². The first-order valence-electron chi connectivity index (χ1n) is 7.21. The van der Waals surface area contributed by atoms with E-state index in [1.165, 1.54) is 32.1 Å². The molecule has 0 amide bonds. The lowest BCUT2D eigenvalue weighted by atomic mass is 9.55. The fraction of sp³-hybridized carbons (Fsp3) is 1.00. The van der Waals surface area contributed by atoms with Crippen LogP contribution in [0, 0.1) is 5.41 Å². The molecule has 2 N–H and O–H groups in total. The number of hydrogen-bond acceptors (Lipinski definition) is 3. The van der Waals surface area contributed by atoms with Crippen LogP contribution in [-0.2, 0) is 4.74 Å². The van der Waals surface area contributed by atoms with Crippen LogP contribution in [0.1, 0.15) is 52.4 Å². The highest BCUT2D eigenvalue weighted by molar-refractivity contribution is 5.09. The third-order valence-electron chi connectivity index (χ3n) is 4.70. The molecule has 0 heterocycles. The molecule has 2 aliphatic carbocycles. The molecule has 0 aromatic heterocycles. The molecule has 100 valence electrons. The molecular weight excluding hydrogens is 214 g/mol. The Labute approximate surface area is 105 Å². The predicted molar refractivity (Wildman–Crippen MR) is 69.0 cm³/mol. The Balaban J connectivity index is 1.98. The maximum absolute atomic E-state index is 9.17. The lowest BCUT2D eigenvalue weighted by molar-refractivity contribution is -0.152. The van der Waals surface area contributed by atoms with Crippen LogP contribution in [0.4, 0.5) is 0 Å². The summed E-state index contributed by atoms with van der Waals surface area (Å²) in [5.74, 6) is 0. The van der Waals surface area contributed by atoms with E-state index in [2.05, 4.69) is 19.2 Å². The standard InChI is InChI=1S/C14H27NO2/c1-3-17-13-9-12(15-11(2)10-16)14(13)7-5-4-6-8-14/h11-13,15-16H,3-10H2,1-2H3/t11-,12?,13?/m1/s1. The zero-order valence-electron chi connectivity index (χ0n) is 11.2. The van der Waals surface area contributed by atoms with Gasteiger partial charge in [0.2, 0.25) is 0 Å². The molecule has 2 aliphatic rings. The van der Waals surface area contributed by atoms with Gasteiger partial charge >= 0.3 is 0 Å². The van der Waals surface area contributed by atoms with Crippen LogP contribution >= 0.6 is 0 Å². The summed E-state index contributed by atoms with van der Waals surface area (Å²) in [6.07, 6.45) is 8.24. The summed E-state index contributed by atoms with van der Waals surface area (Å²) in [6.45, 7) is 5.21. The monoisotopic (exact) mass is 241 g/mol. The summed E-state index contributed by atoms with van der Waals surface area (Å²) in [6, 6.07) is 0.767. The average Bonchev–Trinajstić information content (AvgIpc) is 2.38. The van der Waals surface area contributed by atoms with E-state index in [0.29, 0.717) is 17.6 Å². The number of rotatable bonds is 5. The molecule has 0 radical (unpaired) electrons. The van der Waals surface area contributed by atoms with Crippen molar-refractivity contribution >= 4 is 0 Å². The SMILES string of the molecule is CCOC1CC(N[C@H](C)CO)C12CCCCC2. The quantitative estimate of drug-likeness (QED) is 0.774. The molecule has 0 aromatic carbocycles. The first-order chi connectivity index (χ1) is 8.23. The third kappa shape index (κ3) is 2.51. The highest BCUT2D eigenvalue weighted by Crippen LogP contribution is 2.53. The molecule has 3 atom stereocenters. The Morgan fingerprint density at radius 2 is 2.06 bits per heavy atom. The van der Waals surface area contributed by atoms with E-state index < -0.39 is 0 Å². The largest absolute Gasteiger partial charge is 0.395 e. The van der Waals surface area contributed by atoms with Gasteiger partial charge in [0.15, 0.2) is 0 Å². The molecule has 3 heteroatoms. The van der Waals surface area contributed by atoms with Gasteiger partial charge in [-0.25, -0.2) is 0 Å². The van der Waals surface area contributed by atoms with Gasteiger partial charge in [0.05, 0.1) is 12.7 Å². The van der Waals surface area contributed by atoms with Crippen LogP contribution in [0.5, 0.6) is 0 Å². The molecule has 3 nitrogen and oxygen atoms in total. The van der Waals surface area contributed by atoms with E-state index in [-0.39, 0.29) is 12.6 Å². The number of hydrogen-bond donors (Lipinski definition) is 2. The zero-order chi connectivity index (χ0) is 12.3. The predicted octanol–water partition coefficient (Wildman–Crippen LogP) is 2.08. The van der Waals surface area contributed by atoms with Gasteiger partial charge < -0.3 is 15.2 Å².